The summed E-state index contributed by atoms with van der Waals surface area (Å²) in [4.78, 5) is 0. The summed E-state index contributed by atoms with van der Waals surface area (Å²) < 4.78 is 27.7. The first-order chi connectivity index (χ1) is 8.41. The van der Waals surface area contributed by atoms with E-state index in [0.29, 0.717) is 4.21 Å². The molecule has 0 aliphatic heterocycles. The molecular weight excluding hydrogens is 334 g/mol. The molecule has 0 atom stereocenters. The van der Waals surface area contributed by atoms with Gasteiger partial charge in [0.1, 0.15) is 4.21 Å². The second kappa shape index (κ2) is 5.61. The van der Waals surface area contributed by atoms with Gasteiger partial charge in [-0.15, -0.1) is 11.3 Å². The van der Waals surface area contributed by atoms with Gasteiger partial charge < -0.3 is 0 Å². The Balaban J connectivity index is 2.15. The van der Waals surface area contributed by atoms with Crippen molar-refractivity contribution >= 4 is 37.3 Å². The molecule has 1 aromatic rings. The van der Waals surface area contributed by atoms with Gasteiger partial charge in [0.15, 0.2) is 0 Å². The molecule has 102 valence electrons. The summed E-state index contributed by atoms with van der Waals surface area (Å²) >= 11 is 4.59. The van der Waals surface area contributed by atoms with Gasteiger partial charge in [-0.25, -0.2) is 8.42 Å². The molecule has 1 aliphatic rings. The zero-order valence-corrected chi connectivity index (χ0v) is 13.8. The van der Waals surface area contributed by atoms with Crippen LogP contribution in [0.1, 0.15) is 32.6 Å². The van der Waals surface area contributed by atoms with Crippen molar-refractivity contribution in [2.75, 3.05) is 7.05 Å². The monoisotopic (exact) mass is 351 g/mol. The highest BCUT2D eigenvalue weighted by atomic mass is 79.9. The summed E-state index contributed by atoms with van der Waals surface area (Å²) in [5, 5.41) is 0. The van der Waals surface area contributed by atoms with Gasteiger partial charge in [-0.05, 0) is 59.7 Å². The van der Waals surface area contributed by atoms with Gasteiger partial charge in [0.2, 0.25) is 0 Å². The number of halogens is 1. The summed E-state index contributed by atoms with van der Waals surface area (Å²) in [6.07, 6.45) is 4.20. The van der Waals surface area contributed by atoms with Crippen LogP contribution in [0.5, 0.6) is 0 Å². The number of rotatable bonds is 3. The lowest BCUT2D eigenvalue weighted by molar-refractivity contribution is 0.246. The third kappa shape index (κ3) is 2.98. The SMILES string of the molecule is CC1CCC(N(C)S(=O)(=O)c2ccc(Br)s2)CC1. The first-order valence-corrected chi connectivity index (χ1v) is 9.19. The second-order valence-corrected chi connectivity index (χ2v) is 9.68. The molecule has 3 nitrogen and oxygen atoms in total. The van der Waals surface area contributed by atoms with E-state index >= 15 is 0 Å². The lowest BCUT2D eigenvalue weighted by Crippen LogP contribution is -2.38. The van der Waals surface area contributed by atoms with E-state index in [1.165, 1.54) is 11.3 Å². The van der Waals surface area contributed by atoms with Crippen molar-refractivity contribution in [3.63, 3.8) is 0 Å². The number of hydrogen-bond acceptors (Lipinski definition) is 3. The van der Waals surface area contributed by atoms with E-state index in [0.717, 1.165) is 35.4 Å². The fourth-order valence-corrected chi connectivity index (χ4v) is 5.99. The maximum Gasteiger partial charge on any atom is 0.252 e. The zero-order valence-electron chi connectivity index (χ0n) is 10.6. The van der Waals surface area contributed by atoms with Crippen LogP contribution in [0.15, 0.2) is 20.1 Å². The molecule has 0 spiro atoms. The van der Waals surface area contributed by atoms with Crippen molar-refractivity contribution in [1.29, 1.82) is 0 Å². The van der Waals surface area contributed by atoms with Gasteiger partial charge in [-0.1, -0.05) is 6.92 Å². The summed E-state index contributed by atoms with van der Waals surface area (Å²) in [5.41, 5.74) is 0. The van der Waals surface area contributed by atoms with Gasteiger partial charge in [0, 0.05) is 13.1 Å². The van der Waals surface area contributed by atoms with E-state index in [-0.39, 0.29) is 6.04 Å². The van der Waals surface area contributed by atoms with Crippen molar-refractivity contribution in [3.8, 4) is 0 Å². The molecule has 1 heterocycles. The van der Waals surface area contributed by atoms with Crippen molar-refractivity contribution < 1.29 is 8.42 Å². The van der Waals surface area contributed by atoms with Gasteiger partial charge in [-0.3, -0.25) is 0 Å². The quantitative estimate of drug-likeness (QED) is 0.832. The molecule has 0 radical (unpaired) electrons. The first-order valence-electron chi connectivity index (χ1n) is 6.14. The molecular formula is C12H18BrNO2S2. The van der Waals surface area contributed by atoms with Crippen LogP contribution in [0.4, 0.5) is 0 Å². The van der Waals surface area contributed by atoms with Crippen molar-refractivity contribution in [3.05, 3.63) is 15.9 Å². The van der Waals surface area contributed by atoms with E-state index in [1.807, 2.05) is 0 Å². The van der Waals surface area contributed by atoms with E-state index in [4.69, 9.17) is 0 Å². The Bertz CT molecular complexity index is 504. The Labute approximate surface area is 121 Å². The smallest absolute Gasteiger partial charge is 0.206 e. The molecule has 2 rings (SSSR count). The lowest BCUT2D eigenvalue weighted by atomic mass is 9.87. The first kappa shape index (κ1) is 14.5. The van der Waals surface area contributed by atoms with Crippen LogP contribution < -0.4 is 0 Å². The van der Waals surface area contributed by atoms with Crippen LogP contribution in [0.3, 0.4) is 0 Å². The van der Waals surface area contributed by atoms with Crippen molar-refractivity contribution in [1.82, 2.24) is 4.31 Å². The topological polar surface area (TPSA) is 37.4 Å². The van der Waals surface area contributed by atoms with Gasteiger partial charge in [0.25, 0.3) is 10.0 Å². The summed E-state index contributed by atoms with van der Waals surface area (Å²) in [6.45, 7) is 2.24. The molecule has 0 amide bonds. The average Bonchev–Trinajstić information content (AvgIpc) is 2.76. The molecule has 0 aromatic carbocycles. The molecule has 0 bridgehead atoms. The van der Waals surface area contributed by atoms with Crippen molar-refractivity contribution in [2.24, 2.45) is 5.92 Å². The molecule has 6 heteroatoms. The number of nitrogens with zero attached hydrogens (tertiary/aromatic N) is 1. The average molecular weight is 352 g/mol. The molecule has 1 saturated carbocycles. The van der Waals surface area contributed by atoms with Crippen LogP contribution in [0.2, 0.25) is 0 Å². The molecule has 0 unspecified atom stereocenters. The van der Waals surface area contributed by atoms with E-state index in [2.05, 4.69) is 22.9 Å². The lowest BCUT2D eigenvalue weighted by Gasteiger charge is -2.32. The molecule has 0 N–H and O–H groups in total. The fraction of sp³-hybridized carbons (Fsp3) is 0.667. The highest BCUT2D eigenvalue weighted by Gasteiger charge is 2.31. The van der Waals surface area contributed by atoms with Gasteiger partial charge >= 0.3 is 0 Å². The summed E-state index contributed by atoms with van der Waals surface area (Å²) in [7, 11) is -1.60. The van der Waals surface area contributed by atoms with E-state index < -0.39 is 10.0 Å². The van der Waals surface area contributed by atoms with Gasteiger partial charge in [-0.2, -0.15) is 4.31 Å². The van der Waals surface area contributed by atoms with Crippen LogP contribution >= 0.6 is 27.3 Å². The normalized spacial score (nSPS) is 25.6. The van der Waals surface area contributed by atoms with Crippen LogP contribution in [0, 0.1) is 5.92 Å². The molecule has 1 fully saturated rings. The van der Waals surface area contributed by atoms with Crippen molar-refractivity contribution in [2.45, 2.75) is 42.9 Å². The molecule has 1 aliphatic carbocycles. The minimum atomic E-state index is -3.31. The molecule has 1 aromatic heterocycles. The maximum absolute atomic E-state index is 12.4. The van der Waals surface area contributed by atoms with Crippen LogP contribution in [0.25, 0.3) is 0 Å². The minimum Gasteiger partial charge on any atom is -0.206 e. The standard InChI is InChI=1S/C12H18BrNO2S2/c1-9-3-5-10(6-4-9)14(2)18(15,16)12-8-7-11(13)17-12/h7-10H,3-6H2,1-2H3. The molecule has 18 heavy (non-hydrogen) atoms. The number of sulfonamides is 1. The van der Waals surface area contributed by atoms with E-state index in [9.17, 15) is 8.42 Å². The van der Waals surface area contributed by atoms with Crippen LogP contribution in [-0.2, 0) is 10.0 Å². The minimum absolute atomic E-state index is 0.159. The highest BCUT2D eigenvalue weighted by Crippen LogP contribution is 2.32. The van der Waals surface area contributed by atoms with E-state index in [1.54, 1.807) is 23.5 Å². The Hall–Kier alpha value is 0.0900. The Kier molecular flexibility index (Phi) is 4.52. The number of thiophene rings is 1. The maximum atomic E-state index is 12.4. The summed E-state index contributed by atoms with van der Waals surface area (Å²) in [6, 6.07) is 3.62. The Morgan fingerprint density at radius 2 is 1.89 bits per heavy atom. The predicted molar refractivity (Wildman–Crippen MR) is 78.4 cm³/mol. The Morgan fingerprint density at radius 3 is 2.39 bits per heavy atom. The fourth-order valence-electron chi connectivity index (χ4n) is 2.38. The van der Waals surface area contributed by atoms with Gasteiger partial charge in [0.05, 0.1) is 3.79 Å². The largest absolute Gasteiger partial charge is 0.252 e. The predicted octanol–water partition coefficient (Wildman–Crippen LogP) is 3.71. The highest BCUT2D eigenvalue weighted by molar-refractivity contribution is 9.11. The third-order valence-corrected chi connectivity index (χ3v) is 7.68. The second-order valence-electron chi connectivity index (χ2n) is 4.99. The number of hydrogen-bond donors (Lipinski definition) is 0. The summed E-state index contributed by atoms with van der Waals surface area (Å²) in [5.74, 6) is 0.730. The zero-order chi connectivity index (χ0) is 13.3. The van der Waals surface area contributed by atoms with Crippen LogP contribution in [-0.4, -0.2) is 25.8 Å². The molecule has 0 saturated heterocycles. The third-order valence-electron chi connectivity index (χ3n) is 3.68. The Morgan fingerprint density at radius 1 is 1.28 bits per heavy atom.